The molecule has 2 rings (SSSR count). The van der Waals surface area contributed by atoms with Gasteiger partial charge in [0, 0.05) is 12.1 Å². The summed E-state index contributed by atoms with van der Waals surface area (Å²) < 4.78 is 0. The third-order valence-electron chi connectivity index (χ3n) is 3.29. The molecule has 100 valence electrons. The maximum Gasteiger partial charge on any atom is 0.115 e. The molecule has 2 nitrogen and oxygen atoms in total. The maximum atomic E-state index is 9.50. The maximum absolute atomic E-state index is 9.50. The van der Waals surface area contributed by atoms with Crippen molar-refractivity contribution in [1.29, 1.82) is 0 Å². The number of nitrogens with one attached hydrogen (secondary N) is 1. The molecule has 0 aromatic heterocycles. The molecule has 0 amide bonds. The molecule has 0 radical (unpaired) electrons. The van der Waals surface area contributed by atoms with Crippen molar-refractivity contribution in [3.8, 4) is 5.75 Å². The van der Waals surface area contributed by atoms with Crippen LogP contribution >= 0.6 is 0 Å². The SMILES string of the molecule is CC(Cc1ccccc1)NC(C)c1cccc(O)c1. The molecule has 0 aliphatic carbocycles. The van der Waals surface area contributed by atoms with E-state index < -0.39 is 0 Å². The van der Waals surface area contributed by atoms with E-state index >= 15 is 0 Å². The molecular weight excluding hydrogens is 234 g/mol. The molecule has 0 saturated carbocycles. The van der Waals surface area contributed by atoms with Gasteiger partial charge in [0.05, 0.1) is 0 Å². The van der Waals surface area contributed by atoms with E-state index in [1.807, 2.05) is 24.3 Å². The van der Waals surface area contributed by atoms with Gasteiger partial charge < -0.3 is 10.4 Å². The Morgan fingerprint density at radius 2 is 1.74 bits per heavy atom. The second-order valence-electron chi connectivity index (χ2n) is 5.07. The van der Waals surface area contributed by atoms with Crippen LogP contribution in [0.3, 0.4) is 0 Å². The fourth-order valence-corrected chi connectivity index (χ4v) is 2.34. The van der Waals surface area contributed by atoms with Gasteiger partial charge in [-0.25, -0.2) is 0 Å². The topological polar surface area (TPSA) is 32.3 Å². The first-order valence-electron chi connectivity index (χ1n) is 6.74. The van der Waals surface area contributed by atoms with Crippen LogP contribution < -0.4 is 5.32 Å². The van der Waals surface area contributed by atoms with Crippen LogP contribution in [-0.4, -0.2) is 11.1 Å². The first-order chi connectivity index (χ1) is 9.15. The summed E-state index contributed by atoms with van der Waals surface area (Å²) in [6, 6.07) is 18.5. The van der Waals surface area contributed by atoms with E-state index in [-0.39, 0.29) is 6.04 Å². The van der Waals surface area contributed by atoms with Crippen LogP contribution in [0.4, 0.5) is 0 Å². The highest BCUT2D eigenvalue weighted by molar-refractivity contribution is 5.29. The normalized spacial score (nSPS) is 14.0. The standard InChI is InChI=1S/C17H21NO/c1-13(11-15-7-4-3-5-8-15)18-14(2)16-9-6-10-17(19)12-16/h3-10,12-14,18-19H,11H2,1-2H3. The summed E-state index contributed by atoms with van der Waals surface area (Å²) >= 11 is 0. The lowest BCUT2D eigenvalue weighted by Crippen LogP contribution is -2.30. The molecule has 0 heterocycles. The summed E-state index contributed by atoms with van der Waals surface area (Å²) in [5.74, 6) is 0.321. The minimum Gasteiger partial charge on any atom is -0.508 e. The van der Waals surface area contributed by atoms with E-state index in [2.05, 4.69) is 43.4 Å². The Hall–Kier alpha value is -1.80. The number of phenols is 1. The van der Waals surface area contributed by atoms with E-state index in [9.17, 15) is 5.11 Å². The Bertz CT molecular complexity index is 510. The van der Waals surface area contributed by atoms with Gasteiger partial charge in [-0.1, -0.05) is 42.5 Å². The molecule has 2 aromatic rings. The lowest BCUT2D eigenvalue weighted by molar-refractivity contribution is 0.461. The molecule has 19 heavy (non-hydrogen) atoms. The lowest BCUT2D eigenvalue weighted by Gasteiger charge is -2.20. The minimum atomic E-state index is 0.228. The number of aromatic hydroxyl groups is 1. The number of benzene rings is 2. The molecule has 2 unspecified atom stereocenters. The molecule has 0 fully saturated rings. The van der Waals surface area contributed by atoms with Crippen molar-refractivity contribution in [2.45, 2.75) is 32.4 Å². The minimum absolute atomic E-state index is 0.228. The molecule has 0 aliphatic heterocycles. The Labute approximate surface area is 115 Å². The molecule has 0 aliphatic rings. The van der Waals surface area contributed by atoms with Crippen LogP contribution in [0.1, 0.15) is 31.0 Å². The number of rotatable bonds is 5. The Morgan fingerprint density at radius 1 is 1.00 bits per heavy atom. The zero-order valence-electron chi connectivity index (χ0n) is 11.5. The Kier molecular flexibility index (Phi) is 4.58. The summed E-state index contributed by atoms with van der Waals surface area (Å²) in [7, 11) is 0. The smallest absolute Gasteiger partial charge is 0.115 e. The van der Waals surface area contributed by atoms with Crippen LogP contribution in [0.5, 0.6) is 5.75 Å². The molecule has 2 aromatic carbocycles. The average Bonchev–Trinajstić information content (AvgIpc) is 2.39. The molecule has 0 bridgehead atoms. The summed E-state index contributed by atoms with van der Waals surface area (Å²) in [4.78, 5) is 0. The van der Waals surface area contributed by atoms with Crippen LogP contribution in [0.25, 0.3) is 0 Å². The van der Waals surface area contributed by atoms with E-state index in [4.69, 9.17) is 0 Å². The van der Waals surface area contributed by atoms with E-state index in [0.717, 1.165) is 12.0 Å². The van der Waals surface area contributed by atoms with Crippen LogP contribution in [0, 0.1) is 0 Å². The van der Waals surface area contributed by atoms with Gasteiger partial charge in [-0.2, -0.15) is 0 Å². The highest BCUT2D eigenvalue weighted by atomic mass is 16.3. The average molecular weight is 255 g/mol. The van der Waals surface area contributed by atoms with Crippen molar-refractivity contribution in [2.75, 3.05) is 0 Å². The van der Waals surface area contributed by atoms with Crippen molar-refractivity contribution in [3.05, 3.63) is 65.7 Å². The largest absolute Gasteiger partial charge is 0.508 e. The lowest BCUT2D eigenvalue weighted by atomic mass is 10.0. The van der Waals surface area contributed by atoms with Gasteiger partial charge in [0.15, 0.2) is 0 Å². The molecule has 2 heteroatoms. The highest BCUT2D eigenvalue weighted by Crippen LogP contribution is 2.18. The summed E-state index contributed by atoms with van der Waals surface area (Å²) in [6.07, 6.45) is 1.00. The first kappa shape index (κ1) is 13.6. The van der Waals surface area contributed by atoms with Crippen molar-refractivity contribution in [3.63, 3.8) is 0 Å². The zero-order valence-corrected chi connectivity index (χ0v) is 11.5. The van der Waals surface area contributed by atoms with Gasteiger partial charge >= 0.3 is 0 Å². The molecule has 0 saturated heterocycles. The number of phenolic OH excluding ortho intramolecular Hbond substituents is 1. The Morgan fingerprint density at radius 3 is 2.42 bits per heavy atom. The highest BCUT2D eigenvalue weighted by Gasteiger charge is 2.10. The van der Waals surface area contributed by atoms with Gasteiger partial charge in [-0.3, -0.25) is 0 Å². The predicted molar refractivity (Wildman–Crippen MR) is 79.3 cm³/mol. The predicted octanol–water partition coefficient (Wildman–Crippen LogP) is 3.67. The zero-order chi connectivity index (χ0) is 13.7. The summed E-state index contributed by atoms with van der Waals surface area (Å²) in [5.41, 5.74) is 2.45. The fourth-order valence-electron chi connectivity index (χ4n) is 2.34. The third kappa shape index (κ3) is 4.11. The van der Waals surface area contributed by atoms with Crippen molar-refractivity contribution in [2.24, 2.45) is 0 Å². The fraction of sp³-hybridized carbons (Fsp3) is 0.294. The quantitative estimate of drug-likeness (QED) is 0.854. The summed E-state index contributed by atoms with van der Waals surface area (Å²) in [5, 5.41) is 13.1. The first-order valence-corrected chi connectivity index (χ1v) is 6.74. The molecule has 2 atom stereocenters. The number of hydrogen-bond donors (Lipinski definition) is 2. The van der Waals surface area contributed by atoms with Crippen LogP contribution in [-0.2, 0) is 6.42 Å². The van der Waals surface area contributed by atoms with Crippen LogP contribution in [0.15, 0.2) is 54.6 Å². The van der Waals surface area contributed by atoms with Crippen molar-refractivity contribution < 1.29 is 5.11 Å². The number of hydrogen-bond acceptors (Lipinski definition) is 2. The van der Waals surface area contributed by atoms with E-state index in [1.165, 1.54) is 5.56 Å². The van der Waals surface area contributed by atoms with Crippen molar-refractivity contribution >= 4 is 0 Å². The Balaban J connectivity index is 1.93. The van der Waals surface area contributed by atoms with Gasteiger partial charge in [0.25, 0.3) is 0 Å². The monoisotopic (exact) mass is 255 g/mol. The second-order valence-corrected chi connectivity index (χ2v) is 5.07. The van der Waals surface area contributed by atoms with Gasteiger partial charge in [-0.15, -0.1) is 0 Å². The van der Waals surface area contributed by atoms with Crippen LogP contribution in [0.2, 0.25) is 0 Å². The van der Waals surface area contributed by atoms with Gasteiger partial charge in [-0.05, 0) is 43.5 Å². The van der Waals surface area contributed by atoms with Crippen molar-refractivity contribution in [1.82, 2.24) is 5.32 Å². The third-order valence-corrected chi connectivity index (χ3v) is 3.29. The second kappa shape index (κ2) is 6.39. The molecule has 0 spiro atoms. The van der Waals surface area contributed by atoms with Gasteiger partial charge in [0.1, 0.15) is 5.75 Å². The molecular formula is C17H21NO. The summed E-state index contributed by atoms with van der Waals surface area (Å²) in [6.45, 7) is 4.31. The molecule has 2 N–H and O–H groups in total. The van der Waals surface area contributed by atoms with E-state index in [0.29, 0.717) is 11.8 Å². The van der Waals surface area contributed by atoms with E-state index in [1.54, 1.807) is 6.07 Å². The van der Waals surface area contributed by atoms with Gasteiger partial charge in [0.2, 0.25) is 0 Å².